The molecule has 5 heteroatoms. The van der Waals surface area contributed by atoms with E-state index in [0.29, 0.717) is 12.1 Å². The van der Waals surface area contributed by atoms with Gasteiger partial charge in [-0.2, -0.15) is 0 Å². The van der Waals surface area contributed by atoms with Crippen molar-refractivity contribution in [2.45, 2.75) is 18.6 Å². The van der Waals surface area contributed by atoms with Crippen LogP contribution in [0.4, 0.5) is 0 Å². The summed E-state index contributed by atoms with van der Waals surface area (Å²) in [6.45, 7) is 2.33. The normalized spacial score (nSPS) is 11.9. The van der Waals surface area contributed by atoms with E-state index in [4.69, 9.17) is 0 Å². The van der Waals surface area contributed by atoms with E-state index in [2.05, 4.69) is 24.0 Å². The minimum Gasteiger partial charge on any atom is -0.394 e. The number of aliphatic hydroxyl groups excluding tert-OH is 1. The fourth-order valence-electron chi connectivity index (χ4n) is 2.13. The minimum absolute atomic E-state index is 0.0585. The molecule has 0 saturated heterocycles. The predicted octanol–water partition coefficient (Wildman–Crippen LogP) is 2.80. The molecule has 1 N–H and O–H groups in total. The van der Waals surface area contributed by atoms with Crippen molar-refractivity contribution in [2.75, 3.05) is 13.2 Å². The van der Waals surface area contributed by atoms with Crippen LogP contribution in [0.3, 0.4) is 0 Å². The molecule has 116 valence electrons. The van der Waals surface area contributed by atoms with E-state index in [-0.39, 0.29) is 17.8 Å². The van der Waals surface area contributed by atoms with Gasteiger partial charge in [0.15, 0.2) is 0 Å². The van der Waals surface area contributed by atoms with Crippen molar-refractivity contribution < 1.29 is 9.90 Å². The summed E-state index contributed by atoms with van der Waals surface area (Å²) in [5, 5.41) is 9.44. The van der Waals surface area contributed by atoms with Gasteiger partial charge in [-0.3, -0.25) is 14.1 Å². The van der Waals surface area contributed by atoms with Crippen LogP contribution in [-0.4, -0.2) is 38.7 Å². The Labute approximate surface area is 135 Å². The van der Waals surface area contributed by atoms with Crippen LogP contribution in [0.25, 0.3) is 0 Å². The van der Waals surface area contributed by atoms with E-state index in [1.807, 2.05) is 18.2 Å². The van der Waals surface area contributed by atoms with Gasteiger partial charge in [0.25, 0.3) is 5.91 Å². The van der Waals surface area contributed by atoms with Crippen molar-refractivity contribution in [3.05, 3.63) is 66.0 Å². The molecule has 0 bridgehead atoms. The molecule has 1 heterocycles. The zero-order valence-corrected chi connectivity index (χ0v) is 13.4. The second-order valence-electron chi connectivity index (χ2n) is 4.98. The highest BCUT2D eigenvalue weighted by molar-refractivity contribution is 7.98. The second-order valence-corrected chi connectivity index (χ2v) is 6.43. The molecule has 1 unspecified atom stereocenters. The number of carbonyl (C=O) groups excluding carboxylic acids is 1. The van der Waals surface area contributed by atoms with Crippen LogP contribution >= 0.6 is 11.9 Å². The van der Waals surface area contributed by atoms with Gasteiger partial charge in [0.2, 0.25) is 0 Å². The first-order chi connectivity index (χ1) is 10.7. The molecule has 1 aromatic heterocycles. The molecule has 1 amide bonds. The first-order valence-electron chi connectivity index (χ1n) is 7.24. The van der Waals surface area contributed by atoms with Crippen LogP contribution in [0.15, 0.2) is 54.9 Å². The minimum atomic E-state index is -0.118. The standard InChI is InChI=1S/C17H20N2O2S/c1-14(12-15-6-3-2-4-7-15)22-19(10-11-20)17(21)16-8-5-9-18-13-16/h2-9,13-14,20H,10-12H2,1H3. The lowest BCUT2D eigenvalue weighted by Gasteiger charge is -2.24. The number of hydrogen-bond acceptors (Lipinski definition) is 4. The molecule has 0 fully saturated rings. The number of benzene rings is 1. The number of aromatic nitrogens is 1. The van der Waals surface area contributed by atoms with E-state index in [9.17, 15) is 9.90 Å². The number of rotatable bonds is 7. The molecule has 0 aliphatic rings. The summed E-state index contributed by atoms with van der Waals surface area (Å²) < 4.78 is 1.62. The van der Waals surface area contributed by atoms with Gasteiger partial charge in [-0.1, -0.05) is 37.3 Å². The summed E-state index contributed by atoms with van der Waals surface area (Å²) in [6, 6.07) is 13.7. The van der Waals surface area contributed by atoms with Crippen molar-refractivity contribution in [3.8, 4) is 0 Å². The molecule has 0 spiro atoms. The molecule has 1 aromatic carbocycles. The smallest absolute Gasteiger partial charge is 0.265 e. The highest BCUT2D eigenvalue weighted by Gasteiger charge is 2.19. The summed E-state index contributed by atoms with van der Waals surface area (Å²) in [4.78, 5) is 16.5. The first kappa shape index (κ1) is 16.5. The average Bonchev–Trinajstić information content (AvgIpc) is 2.55. The number of nitrogens with zero attached hydrogens (tertiary/aromatic N) is 2. The van der Waals surface area contributed by atoms with E-state index >= 15 is 0 Å². The SMILES string of the molecule is CC(Cc1ccccc1)SN(CCO)C(=O)c1cccnc1. The molecule has 2 rings (SSSR count). The number of amides is 1. The van der Waals surface area contributed by atoms with Gasteiger partial charge in [0.1, 0.15) is 0 Å². The largest absolute Gasteiger partial charge is 0.394 e. The Morgan fingerprint density at radius 3 is 2.68 bits per heavy atom. The molecule has 2 aromatic rings. The quantitative estimate of drug-likeness (QED) is 0.798. The molecule has 22 heavy (non-hydrogen) atoms. The number of aliphatic hydroxyl groups is 1. The lowest BCUT2D eigenvalue weighted by atomic mass is 10.1. The first-order valence-corrected chi connectivity index (χ1v) is 8.08. The van der Waals surface area contributed by atoms with Crippen molar-refractivity contribution in [2.24, 2.45) is 0 Å². The molecule has 0 radical (unpaired) electrons. The van der Waals surface area contributed by atoms with Crippen LogP contribution in [-0.2, 0) is 6.42 Å². The molecular weight excluding hydrogens is 296 g/mol. The van der Waals surface area contributed by atoms with Crippen LogP contribution in [0.1, 0.15) is 22.8 Å². The monoisotopic (exact) mass is 316 g/mol. The number of carbonyl (C=O) groups is 1. The molecule has 0 saturated carbocycles. The fourth-order valence-corrected chi connectivity index (χ4v) is 3.22. The zero-order chi connectivity index (χ0) is 15.8. The van der Waals surface area contributed by atoms with E-state index in [1.165, 1.54) is 17.5 Å². The summed E-state index contributed by atoms with van der Waals surface area (Å²) in [7, 11) is 0. The Bertz CT molecular complexity index is 578. The van der Waals surface area contributed by atoms with Gasteiger partial charge >= 0.3 is 0 Å². The van der Waals surface area contributed by atoms with Gasteiger partial charge in [-0.15, -0.1) is 0 Å². The van der Waals surface area contributed by atoms with Crippen LogP contribution in [0.5, 0.6) is 0 Å². The Balaban J connectivity index is 2.00. The van der Waals surface area contributed by atoms with Crippen LogP contribution in [0, 0.1) is 0 Å². The third-order valence-corrected chi connectivity index (χ3v) is 4.24. The highest BCUT2D eigenvalue weighted by Crippen LogP contribution is 2.22. The lowest BCUT2D eigenvalue weighted by Crippen LogP contribution is -2.29. The third kappa shape index (κ3) is 4.86. The van der Waals surface area contributed by atoms with Crippen LogP contribution < -0.4 is 0 Å². The maximum absolute atomic E-state index is 12.5. The van der Waals surface area contributed by atoms with Gasteiger partial charge in [-0.05, 0) is 36.1 Å². The molecule has 0 aliphatic heterocycles. The van der Waals surface area contributed by atoms with Gasteiger partial charge in [0.05, 0.1) is 18.7 Å². The van der Waals surface area contributed by atoms with Gasteiger partial charge in [-0.25, -0.2) is 0 Å². The Morgan fingerprint density at radius 2 is 2.05 bits per heavy atom. The van der Waals surface area contributed by atoms with Crippen molar-refractivity contribution >= 4 is 17.9 Å². The van der Waals surface area contributed by atoms with E-state index in [0.717, 1.165) is 6.42 Å². The Hall–Kier alpha value is -1.85. The van der Waals surface area contributed by atoms with Crippen LogP contribution in [0.2, 0.25) is 0 Å². The molecule has 1 atom stereocenters. The van der Waals surface area contributed by atoms with Gasteiger partial charge < -0.3 is 5.11 Å². The molecule has 4 nitrogen and oxygen atoms in total. The number of pyridine rings is 1. The van der Waals surface area contributed by atoms with E-state index in [1.54, 1.807) is 28.8 Å². The lowest BCUT2D eigenvalue weighted by molar-refractivity contribution is 0.0853. The van der Waals surface area contributed by atoms with Crippen molar-refractivity contribution in [3.63, 3.8) is 0 Å². The van der Waals surface area contributed by atoms with Gasteiger partial charge in [0, 0.05) is 17.6 Å². The Morgan fingerprint density at radius 1 is 1.27 bits per heavy atom. The summed E-state index contributed by atoms with van der Waals surface area (Å²) in [6.07, 6.45) is 4.06. The van der Waals surface area contributed by atoms with Crippen molar-refractivity contribution in [1.29, 1.82) is 0 Å². The Kier molecular flexibility index (Phi) is 6.43. The maximum Gasteiger partial charge on any atom is 0.265 e. The maximum atomic E-state index is 12.5. The summed E-state index contributed by atoms with van der Waals surface area (Å²) in [5.74, 6) is -0.118. The number of hydrogen-bond donors (Lipinski definition) is 1. The van der Waals surface area contributed by atoms with E-state index < -0.39 is 0 Å². The molecule has 0 aliphatic carbocycles. The summed E-state index contributed by atoms with van der Waals surface area (Å²) >= 11 is 1.46. The second kappa shape index (κ2) is 8.56. The average molecular weight is 316 g/mol. The zero-order valence-electron chi connectivity index (χ0n) is 12.6. The van der Waals surface area contributed by atoms with Crippen molar-refractivity contribution in [1.82, 2.24) is 9.29 Å². The third-order valence-electron chi connectivity index (χ3n) is 3.11. The molecular formula is C17H20N2O2S. The predicted molar refractivity (Wildman–Crippen MR) is 89.6 cm³/mol. The fraction of sp³-hybridized carbons (Fsp3) is 0.294. The highest BCUT2D eigenvalue weighted by atomic mass is 32.2. The topological polar surface area (TPSA) is 53.4 Å². The summed E-state index contributed by atoms with van der Waals surface area (Å²) in [5.41, 5.74) is 1.77.